The first-order valence-electron chi connectivity index (χ1n) is 10.8. The molecule has 0 radical (unpaired) electrons. The number of hydrogen-bond donors (Lipinski definition) is 1. The zero-order chi connectivity index (χ0) is 23.8. The molecule has 0 saturated heterocycles. The Bertz CT molecular complexity index is 1290. The molecule has 0 bridgehead atoms. The van der Waals surface area contributed by atoms with Crippen LogP contribution in [0.5, 0.6) is 11.5 Å². The smallest absolute Gasteiger partial charge is 0.273 e. The lowest BCUT2D eigenvalue weighted by Crippen LogP contribution is -2.19. The van der Waals surface area contributed by atoms with E-state index in [4.69, 9.17) is 21.1 Å². The molecule has 0 aliphatic heterocycles. The molecule has 3 aromatic carbocycles. The maximum atomic E-state index is 12.7. The van der Waals surface area contributed by atoms with Crippen LogP contribution in [0, 0.1) is 0 Å². The van der Waals surface area contributed by atoms with Crippen molar-refractivity contribution in [2.45, 2.75) is 13.5 Å². The number of nitrogens with zero attached hydrogens (tertiary/aromatic N) is 2. The molecule has 1 aromatic heterocycles. The molecule has 1 heterocycles. The SMILES string of the molecule is CCOc1cc(/C=N\NC(=O)c2ccccc2-n2cccc2)ccc1OCc1cccc(Cl)c1. The maximum Gasteiger partial charge on any atom is 0.273 e. The van der Waals surface area contributed by atoms with Gasteiger partial charge in [-0.25, -0.2) is 5.43 Å². The topological polar surface area (TPSA) is 64.8 Å². The van der Waals surface area contributed by atoms with E-state index in [9.17, 15) is 4.79 Å². The molecular weight excluding hydrogens is 450 g/mol. The lowest BCUT2D eigenvalue weighted by Gasteiger charge is -2.13. The molecule has 0 unspecified atom stereocenters. The average Bonchev–Trinajstić information content (AvgIpc) is 3.39. The first-order chi connectivity index (χ1) is 16.6. The van der Waals surface area contributed by atoms with E-state index >= 15 is 0 Å². The van der Waals surface area contributed by atoms with E-state index in [0.29, 0.717) is 35.3 Å². The average molecular weight is 474 g/mol. The second-order valence-corrected chi connectivity index (χ2v) is 7.80. The first-order valence-corrected chi connectivity index (χ1v) is 11.2. The largest absolute Gasteiger partial charge is 0.490 e. The highest BCUT2D eigenvalue weighted by Gasteiger charge is 2.11. The Labute approximate surface area is 203 Å². The van der Waals surface area contributed by atoms with E-state index in [1.165, 1.54) is 0 Å². The summed E-state index contributed by atoms with van der Waals surface area (Å²) in [6, 6.07) is 24.2. The van der Waals surface area contributed by atoms with Crippen LogP contribution >= 0.6 is 11.6 Å². The molecule has 7 heteroatoms. The van der Waals surface area contributed by atoms with Gasteiger partial charge in [0, 0.05) is 17.4 Å². The summed E-state index contributed by atoms with van der Waals surface area (Å²) in [6.45, 7) is 2.76. The van der Waals surface area contributed by atoms with Crippen LogP contribution in [0.3, 0.4) is 0 Å². The molecule has 0 aliphatic carbocycles. The van der Waals surface area contributed by atoms with Gasteiger partial charge >= 0.3 is 0 Å². The van der Waals surface area contributed by atoms with Crippen molar-refractivity contribution in [3.63, 3.8) is 0 Å². The van der Waals surface area contributed by atoms with E-state index in [1.807, 2.05) is 96.7 Å². The van der Waals surface area contributed by atoms with Gasteiger partial charge in [-0.3, -0.25) is 4.79 Å². The number of para-hydroxylation sites is 1. The minimum Gasteiger partial charge on any atom is -0.490 e. The van der Waals surface area contributed by atoms with Crippen LogP contribution in [-0.4, -0.2) is 23.3 Å². The van der Waals surface area contributed by atoms with E-state index in [-0.39, 0.29) is 5.91 Å². The molecule has 0 saturated carbocycles. The van der Waals surface area contributed by atoms with Crippen LogP contribution in [0.25, 0.3) is 5.69 Å². The summed E-state index contributed by atoms with van der Waals surface area (Å²) in [4.78, 5) is 12.7. The number of ether oxygens (including phenoxy) is 2. The molecule has 0 atom stereocenters. The molecule has 172 valence electrons. The van der Waals surface area contributed by atoms with Crippen LogP contribution in [0.1, 0.15) is 28.4 Å². The van der Waals surface area contributed by atoms with Crippen LogP contribution in [0.4, 0.5) is 0 Å². The number of halogens is 1. The van der Waals surface area contributed by atoms with Crippen LogP contribution in [0.2, 0.25) is 5.02 Å². The maximum absolute atomic E-state index is 12.7. The number of benzene rings is 3. The predicted octanol–water partition coefficient (Wildman–Crippen LogP) is 5.87. The van der Waals surface area contributed by atoms with Crippen molar-refractivity contribution in [1.82, 2.24) is 9.99 Å². The number of nitrogens with one attached hydrogen (secondary N) is 1. The zero-order valence-electron chi connectivity index (χ0n) is 18.6. The minimum absolute atomic E-state index is 0.299. The second kappa shape index (κ2) is 11.2. The normalized spacial score (nSPS) is 10.9. The Kier molecular flexibility index (Phi) is 7.63. The molecule has 0 fully saturated rings. The number of hydrazone groups is 1. The van der Waals surface area contributed by atoms with Crippen LogP contribution in [0.15, 0.2) is 96.4 Å². The second-order valence-electron chi connectivity index (χ2n) is 7.36. The third kappa shape index (κ3) is 5.85. The van der Waals surface area contributed by atoms with Crippen molar-refractivity contribution in [2.75, 3.05) is 6.61 Å². The number of hydrogen-bond acceptors (Lipinski definition) is 4. The lowest BCUT2D eigenvalue weighted by atomic mass is 10.1. The van der Waals surface area contributed by atoms with Crippen molar-refractivity contribution < 1.29 is 14.3 Å². The van der Waals surface area contributed by atoms with E-state index in [2.05, 4.69) is 10.5 Å². The minimum atomic E-state index is -0.299. The van der Waals surface area contributed by atoms with Gasteiger partial charge < -0.3 is 14.0 Å². The fourth-order valence-electron chi connectivity index (χ4n) is 3.39. The fourth-order valence-corrected chi connectivity index (χ4v) is 3.60. The summed E-state index contributed by atoms with van der Waals surface area (Å²) in [7, 11) is 0. The molecule has 6 nitrogen and oxygen atoms in total. The molecule has 34 heavy (non-hydrogen) atoms. The summed E-state index contributed by atoms with van der Waals surface area (Å²) < 4.78 is 13.6. The standard InChI is InChI=1S/C27H24ClN3O3/c1-2-33-26-17-20(12-13-25(26)34-19-21-8-7-9-22(28)16-21)18-29-30-27(32)23-10-3-4-11-24(23)31-14-5-6-15-31/h3-18H,2,19H2,1H3,(H,30,32)/b29-18-. The summed E-state index contributed by atoms with van der Waals surface area (Å²) in [5, 5.41) is 4.79. The van der Waals surface area contributed by atoms with E-state index in [1.54, 1.807) is 12.3 Å². The van der Waals surface area contributed by atoms with Gasteiger partial charge in [-0.15, -0.1) is 0 Å². The van der Waals surface area contributed by atoms with Crippen molar-refractivity contribution >= 4 is 23.7 Å². The zero-order valence-corrected chi connectivity index (χ0v) is 19.4. The summed E-state index contributed by atoms with van der Waals surface area (Å²) >= 11 is 6.05. The lowest BCUT2D eigenvalue weighted by molar-refractivity contribution is 0.0955. The molecule has 0 spiro atoms. The van der Waals surface area contributed by atoms with Crippen molar-refractivity contribution in [3.8, 4) is 17.2 Å². The summed E-state index contributed by atoms with van der Waals surface area (Å²) in [6.07, 6.45) is 5.35. The summed E-state index contributed by atoms with van der Waals surface area (Å²) in [5.41, 5.74) is 5.63. The van der Waals surface area contributed by atoms with Gasteiger partial charge in [0.2, 0.25) is 0 Å². The highest BCUT2D eigenvalue weighted by atomic mass is 35.5. The predicted molar refractivity (Wildman–Crippen MR) is 134 cm³/mol. The highest BCUT2D eigenvalue weighted by Crippen LogP contribution is 2.29. The van der Waals surface area contributed by atoms with Crippen molar-refractivity contribution in [2.24, 2.45) is 5.10 Å². The molecule has 4 rings (SSSR count). The molecule has 1 N–H and O–H groups in total. The van der Waals surface area contributed by atoms with Gasteiger partial charge in [-0.1, -0.05) is 35.9 Å². The van der Waals surface area contributed by atoms with Crippen molar-refractivity contribution in [3.05, 3.63) is 113 Å². The third-order valence-electron chi connectivity index (χ3n) is 4.96. The fraction of sp³-hybridized carbons (Fsp3) is 0.111. The first kappa shape index (κ1) is 23.1. The molecular formula is C27H24ClN3O3. The van der Waals surface area contributed by atoms with Crippen LogP contribution < -0.4 is 14.9 Å². The van der Waals surface area contributed by atoms with Gasteiger partial charge in [0.15, 0.2) is 11.5 Å². The number of aromatic nitrogens is 1. The summed E-state index contributed by atoms with van der Waals surface area (Å²) in [5.74, 6) is 0.911. The Hall–Kier alpha value is -4.03. The van der Waals surface area contributed by atoms with Crippen LogP contribution in [-0.2, 0) is 6.61 Å². The van der Waals surface area contributed by atoms with Gasteiger partial charge in [0.25, 0.3) is 5.91 Å². The van der Waals surface area contributed by atoms with Crippen molar-refractivity contribution in [1.29, 1.82) is 0 Å². The molecule has 0 aliphatic rings. The van der Waals surface area contributed by atoms with Gasteiger partial charge in [0.05, 0.1) is 24.1 Å². The molecule has 1 amide bonds. The Balaban J connectivity index is 1.44. The van der Waals surface area contributed by atoms with Gasteiger partial charge in [-0.05, 0) is 72.6 Å². The quantitative estimate of drug-likeness (QED) is 0.244. The number of rotatable bonds is 9. The number of carbonyl (C=O) groups excluding carboxylic acids is 1. The monoisotopic (exact) mass is 473 g/mol. The van der Waals surface area contributed by atoms with E-state index < -0.39 is 0 Å². The van der Waals surface area contributed by atoms with Gasteiger partial charge in [0.1, 0.15) is 6.61 Å². The van der Waals surface area contributed by atoms with Gasteiger partial charge in [-0.2, -0.15) is 5.10 Å². The molecule has 4 aromatic rings. The third-order valence-corrected chi connectivity index (χ3v) is 5.20. The number of carbonyl (C=O) groups is 1. The number of amides is 1. The Morgan fingerprint density at radius 2 is 1.79 bits per heavy atom. The highest BCUT2D eigenvalue weighted by molar-refractivity contribution is 6.30. The van der Waals surface area contributed by atoms with E-state index in [0.717, 1.165) is 16.8 Å². The Morgan fingerprint density at radius 1 is 0.971 bits per heavy atom. The Morgan fingerprint density at radius 3 is 2.59 bits per heavy atom.